The van der Waals surface area contributed by atoms with Crippen LogP contribution in [-0.2, 0) is 13.0 Å². The van der Waals surface area contributed by atoms with Crippen LogP contribution in [0, 0.1) is 5.92 Å². The van der Waals surface area contributed by atoms with Crippen molar-refractivity contribution in [3.05, 3.63) is 35.4 Å². The molecule has 0 amide bonds. The topological polar surface area (TPSA) is 40.5 Å². The Hall–Kier alpha value is -0.860. The van der Waals surface area contributed by atoms with E-state index < -0.39 is 0 Å². The van der Waals surface area contributed by atoms with Crippen LogP contribution in [0.4, 0.5) is 0 Å². The third-order valence-electron chi connectivity index (χ3n) is 2.84. The SMILES string of the molecule is CCC(O)C(C)Cc1ccc(CO)cc1. The van der Waals surface area contributed by atoms with Crippen molar-refractivity contribution in [1.29, 1.82) is 0 Å². The molecule has 0 saturated carbocycles. The molecule has 15 heavy (non-hydrogen) atoms. The average molecular weight is 208 g/mol. The van der Waals surface area contributed by atoms with E-state index in [9.17, 15) is 5.11 Å². The lowest BCUT2D eigenvalue weighted by molar-refractivity contribution is 0.113. The molecule has 84 valence electrons. The van der Waals surface area contributed by atoms with Crippen LogP contribution in [0.15, 0.2) is 24.3 Å². The minimum atomic E-state index is -0.220. The predicted octanol–water partition coefficient (Wildman–Crippen LogP) is 2.13. The molecule has 0 heterocycles. The van der Waals surface area contributed by atoms with Gasteiger partial charge < -0.3 is 10.2 Å². The first-order chi connectivity index (χ1) is 7.17. The van der Waals surface area contributed by atoms with Gasteiger partial charge in [0.15, 0.2) is 0 Å². The van der Waals surface area contributed by atoms with E-state index in [1.165, 1.54) is 5.56 Å². The first kappa shape index (κ1) is 12.2. The summed E-state index contributed by atoms with van der Waals surface area (Å²) in [4.78, 5) is 0. The molecule has 1 aromatic rings. The lowest BCUT2D eigenvalue weighted by Gasteiger charge is -2.17. The van der Waals surface area contributed by atoms with Crippen molar-refractivity contribution in [2.75, 3.05) is 0 Å². The maximum absolute atomic E-state index is 9.65. The lowest BCUT2D eigenvalue weighted by Crippen LogP contribution is -2.18. The maximum atomic E-state index is 9.65. The highest BCUT2D eigenvalue weighted by atomic mass is 16.3. The van der Waals surface area contributed by atoms with Crippen molar-refractivity contribution >= 4 is 0 Å². The minimum Gasteiger partial charge on any atom is -0.393 e. The standard InChI is InChI=1S/C13H20O2/c1-3-13(15)10(2)8-11-4-6-12(9-14)7-5-11/h4-7,10,13-15H,3,8-9H2,1-2H3. The van der Waals surface area contributed by atoms with Gasteiger partial charge in [-0.25, -0.2) is 0 Å². The summed E-state index contributed by atoms with van der Waals surface area (Å²) < 4.78 is 0. The fraction of sp³-hybridized carbons (Fsp3) is 0.538. The van der Waals surface area contributed by atoms with Crippen LogP contribution in [0.3, 0.4) is 0 Å². The smallest absolute Gasteiger partial charge is 0.0681 e. The van der Waals surface area contributed by atoms with E-state index in [0.717, 1.165) is 18.4 Å². The normalized spacial score (nSPS) is 14.9. The summed E-state index contributed by atoms with van der Waals surface area (Å²) in [5.74, 6) is 0.287. The molecule has 1 aromatic carbocycles. The fourth-order valence-corrected chi connectivity index (χ4v) is 1.69. The molecule has 0 aliphatic rings. The predicted molar refractivity (Wildman–Crippen MR) is 61.5 cm³/mol. The van der Waals surface area contributed by atoms with Crippen LogP contribution in [0.25, 0.3) is 0 Å². The summed E-state index contributed by atoms with van der Waals surface area (Å²) in [6, 6.07) is 7.90. The van der Waals surface area contributed by atoms with Crippen LogP contribution >= 0.6 is 0 Å². The van der Waals surface area contributed by atoms with Crippen LogP contribution in [0.2, 0.25) is 0 Å². The highest BCUT2D eigenvalue weighted by molar-refractivity contribution is 5.22. The van der Waals surface area contributed by atoms with Crippen molar-refractivity contribution in [1.82, 2.24) is 0 Å². The van der Waals surface area contributed by atoms with Gasteiger partial charge in [-0.2, -0.15) is 0 Å². The summed E-state index contributed by atoms with van der Waals surface area (Å²) in [6.45, 7) is 4.15. The fourth-order valence-electron chi connectivity index (χ4n) is 1.69. The molecule has 0 bridgehead atoms. The zero-order valence-corrected chi connectivity index (χ0v) is 9.48. The molecular formula is C13H20O2. The molecular weight excluding hydrogens is 188 g/mol. The maximum Gasteiger partial charge on any atom is 0.0681 e. The van der Waals surface area contributed by atoms with Crippen molar-refractivity contribution in [2.45, 2.75) is 39.4 Å². The van der Waals surface area contributed by atoms with E-state index in [2.05, 4.69) is 6.92 Å². The number of aliphatic hydroxyl groups excluding tert-OH is 2. The molecule has 0 fully saturated rings. The summed E-state index contributed by atoms with van der Waals surface area (Å²) in [5, 5.41) is 18.5. The molecule has 0 radical (unpaired) electrons. The quantitative estimate of drug-likeness (QED) is 0.778. The van der Waals surface area contributed by atoms with E-state index in [1.807, 2.05) is 31.2 Å². The average Bonchev–Trinajstić information content (AvgIpc) is 2.29. The van der Waals surface area contributed by atoms with Crippen LogP contribution in [-0.4, -0.2) is 16.3 Å². The minimum absolute atomic E-state index is 0.0907. The largest absolute Gasteiger partial charge is 0.393 e. The molecule has 0 aliphatic carbocycles. The zero-order chi connectivity index (χ0) is 11.3. The Morgan fingerprint density at radius 2 is 1.67 bits per heavy atom. The number of rotatable bonds is 5. The Kier molecular flexibility index (Phi) is 4.79. The van der Waals surface area contributed by atoms with Gasteiger partial charge in [-0.1, -0.05) is 38.1 Å². The second-order valence-electron chi connectivity index (χ2n) is 4.13. The number of benzene rings is 1. The van der Waals surface area contributed by atoms with E-state index in [1.54, 1.807) is 0 Å². The van der Waals surface area contributed by atoms with Gasteiger partial charge >= 0.3 is 0 Å². The molecule has 2 atom stereocenters. The zero-order valence-electron chi connectivity index (χ0n) is 9.48. The van der Waals surface area contributed by atoms with Gasteiger partial charge in [0.25, 0.3) is 0 Å². The Bertz CT molecular complexity index is 279. The molecule has 1 rings (SSSR count). The lowest BCUT2D eigenvalue weighted by atomic mass is 9.94. The Morgan fingerprint density at radius 3 is 2.13 bits per heavy atom. The molecule has 0 spiro atoms. The molecule has 2 N–H and O–H groups in total. The Balaban J connectivity index is 2.57. The molecule has 0 saturated heterocycles. The van der Waals surface area contributed by atoms with E-state index >= 15 is 0 Å². The van der Waals surface area contributed by atoms with E-state index in [0.29, 0.717) is 0 Å². The van der Waals surface area contributed by atoms with Gasteiger partial charge in [-0.15, -0.1) is 0 Å². The van der Waals surface area contributed by atoms with Gasteiger partial charge in [0, 0.05) is 0 Å². The first-order valence-electron chi connectivity index (χ1n) is 5.54. The van der Waals surface area contributed by atoms with Crippen LogP contribution < -0.4 is 0 Å². The van der Waals surface area contributed by atoms with Gasteiger partial charge in [-0.3, -0.25) is 0 Å². The third kappa shape index (κ3) is 3.65. The van der Waals surface area contributed by atoms with Crippen molar-refractivity contribution in [3.8, 4) is 0 Å². The summed E-state index contributed by atoms with van der Waals surface area (Å²) in [7, 11) is 0. The number of hydrogen-bond acceptors (Lipinski definition) is 2. The second-order valence-corrected chi connectivity index (χ2v) is 4.13. The summed E-state index contributed by atoms with van der Waals surface area (Å²) >= 11 is 0. The van der Waals surface area contributed by atoms with Gasteiger partial charge in [0.1, 0.15) is 0 Å². The van der Waals surface area contributed by atoms with E-state index in [4.69, 9.17) is 5.11 Å². The Labute approximate surface area is 91.6 Å². The molecule has 2 unspecified atom stereocenters. The number of hydrogen-bond donors (Lipinski definition) is 2. The molecule has 0 aliphatic heterocycles. The molecule has 2 heteroatoms. The number of aliphatic hydroxyl groups is 2. The van der Waals surface area contributed by atoms with Crippen LogP contribution in [0.1, 0.15) is 31.4 Å². The molecule has 2 nitrogen and oxygen atoms in total. The third-order valence-corrected chi connectivity index (χ3v) is 2.84. The van der Waals surface area contributed by atoms with Gasteiger partial charge in [-0.05, 0) is 29.9 Å². The van der Waals surface area contributed by atoms with Crippen molar-refractivity contribution < 1.29 is 10.2 Å². The van der Waals surface area contributed by atoms with Crippen LogP contribution in [0.5, 0.6) is 0 Å². The highest BCUT2D eigenvalue weighted by Gasteiger charge is 2.12. The Morgan fingerprint density at radius 1 is 1.13 bits per heavy atom. The van der Waals surface area contributed by atoms with Gasteiger partial charge in [0.2, 0.25) is 0 Å². The summed E-state index contributed by atoms with van der Waals surface area (Å²) in [6.07, 6.45) is 1.47. The van der Waals surface area contributed by atoms with Crippen molar-refractivity contribution in [3.63, 3.8) is 0 Å². The monoisotopic (exact) mass is 208 g/mol. The van der Waals surface area contributed by atoms with Crippen molar-refractivity contribution in [2.24, 2.45) is 5.92 Å². The second kappa shape index (κ2) is 5.89. The summed E-state index contributed by atoms with van der Waals surface area (Å²) in [5.41, 5.74) is 2.15. The van der Waals surface area contributed by atoms with E-state index in [-0.39, 0.29) is 18.6 Å². The van der Waals surface area contributed by atoms with Gasteiger partial charge in [0.05, 0.1) is 12.7 Å². The highest BCUT2D eigenvalue weighted by Crippen LogP contribution is 2.14. The molecule has 0 aromatic heterocycles. The first-order valence-corrected chi connectivity index (χ1v) is 5.54.